The third-order valence-corrected chi connectivity index (χ3v) is 6.75. The van der Waals surface area contributed by atoms with Crippen LogP contribution in [0.15, 0.2) is 71.3 Å². The maximum absolute atomic E-state index is 12.7. The predicted molar refractivity (Wildman–Crippen MR) is 117 cm³/mol. The van der Waals surface area contributed by atoms with Crippen molar-refractivity contribution >= 4 is 17.5 Å². The summed E-state index contributed by atoms with van der Waals surface area (Å²) in [6, 6.07) is 20.0. The van der Waals surface area contributed by atoms with Gasteiger partial charge in [0.1, 0.15) is 5.76 Å². The first-order chi connectivity index (χ1) is 14.7. The molecule has 0 radical (unpaired) electrons. The van der Waals surface area contributed by atoms with E-state index in [0.717, 1.165) is 66.5 Å². The van der Waals surface area contributed by atoms with Gasteiger partial charge in [-0.1, -0.05) is 48.0 Å². The molecule has 0 saturated carbocycles. The zero-order valence-corrected chi connectivity index (χ0v) is 17.6. The summed E-state index contributed by atoms with van der Waals surface area (Å²) < 4.78 is 5.79. The Balaban J connectivity index is 1.27. The lowest BCUT2D eigenvalue weighted by Gasteiger charge is -2.38. The summed E-state index contributed by atoms with van der Waals surface area (Å²) in [5.74, 6) is 1.62. The molecule has 1 fully saturated rings. The van der Waals surface area contributed by atoms with Crippen molar-refractivity contribution < 1.29 is 9.21 Å². The minimum atomic E-state index is 0.0207. The highest BCUT2D eigenvalue weighted by atomic mass is 35.5. The van der Waals surface area contributed by atoms with Gasteiger partial charge in [0.05, 0.1) is 12.3 Å². The van der Waals surface area contributed by atoms with E-state index in [2.05, 4.69) is 17.0 Å². The first kappa shape index (κ1) is 19.4. The number of nitrogens with zero attached hydrogens (tertiary/aromatic N) is 2. The highest BCUT2D eigenvalue weighted by Gasteiger charge is 2.33. The van der Waals surface area contributed by atoms with Crippen LogP contribution in [-0.2, 0) is 6.54 Å². The number of rotatable bonds is 5. The Kier molecular flexibility index (Phi) is 5.36. The second-order valence-electron chi connectivity index (χ2n) is 8.26. The number of likely N-dealkylation sites (tertiary alicyclic amines) is 1. The summed E-state index contributed by atoms with van der Waals surface area (Å²) >= 11 is 6.54. The Hall–Kier alpha value is -2.56. The van der Waals surface area contributed by atoms with E-state index in [0.29, 0.717) is 5.92 Å². The fourth-order valence-electron chi connectivity index (χ4n) is 4.84. The van der Waals surface area contributed by atoms with Gasteiger partial charge in [-0.2, -0.15) is 0 Å². The van der Waals surface area contributed by atoms with E-state index in [1.54, 1.807) is 6.26 Å². The monoisotopic (exact) mass is 420 g/mol. The second-order valence-corrected chi connectivity index (χ2v) is 8.67. The van der Waals surface area contributed by atoms with Crippen molar-refractivity contribution in [3.05, 3.63) is 94.4 Å². The molecule has 5 heteroatoms. The minimum absolute atomic E-state index is 0.0207. The van der Waals surface area contributed by atoms with Gasteiger partial charge < -0.3 is 9.32 Å². The quantitative estimate of drug-likeness (QED) is 0.555. The molecule has 1 aromatic heterocycles. The van der Waals surface area contributed by atoms with Crippen LogP contribution in [0, 0.1) is 5.92 Å². The van der Waals surface area contributed by atoms with Gasteiger partial charge in [0.2, 0.25) is 0 Å². The lowest BCUT2D eigenvalue weighted by molar-refractivity contribution is 0.0693. The Morgan fingerprint density at radius 1 is 1.00 bits per heavy atom. The molecule has 2 aliphatic rings. The maximum Gasteiger partial charge on any atom is 0.254 e. The van der Waals surface area contributed by atoms with Crippen molar-refractivity contribution in [3.8, 4) is 0 Å². The fraction of sp³-hybridized carbons (Fsp3) is 0.320. The van der Waals surface area contributed by atoms with Crippen molar-refractivity contribution in [2.75, 3.05) is 19.6 Å². The minimum Gasteiger partial charge on any atom is -0.467 e. The lowest BCUT2D eigenvalue weighted by atomic mass is 9.93. The van der Waals surface area contributed by atoms with Crippen LogP contribution in [-0.4, -0.2) is 35.3 Å². The van der Waals surface area contributed by atoms with Crippen LogP contribution in [0.4, 0.5) is 0 Å². The number of amides is 1. The molecule has 3 heterocycles. The molecule has 2 aliphatic heterocycles. The summed E-state index contributed by atoms with van der Waals surface area (Å²) in [7, 11) is 0. The van der Waals surface area contributed by atoms with Crippen LogP contribution < -0.4 is 0 Å². The number of furan rings is 1. The van der Waals surface area contributed by atoms with E-state index < -0.39 is 0 Å². The standard InChI is InChI=1S/C25H25ClN2O2/c26-22-9-4-3-8-21(22)24(23-10-5-15-30-23)27-13-11-18(12-14-27)16-28-17-19-6-1-2-7-20(19)25(28)29/h1-10,15,18,24H,11-14,16-17H2. The van der Waals surface area contributed by atoms with Crippen LogP contribution in [0.3, 0.4) is 0 Å². The first-order valence-corrected chi connectivity index (χ1v) is 11.0. The van der Waals surface area contributed by atoms with Gasteiger partial charge in [-0.15, -0.1) is 0 Å². The number of halogens is 1. The van der Waals surface area contributed by atoms with Gasteiger partial charge in [0.25, 0.3) is 5.91 Å². The summed E-state index contributed by atoms with van der Waals surface area (Å²) in [6.07, 6.45) is 3.84. The molecule has 3 aromatic rings. The van der Waals surface area contributed by atoms with Crippen molar-refractivity contribution in [2.45, 2.75) is 25.4 Å². The molecule has 1 atom stereocenters. The molecule has 154 valence electrons. The third kappa shape index (κ3) is 3.66. The Morgan fingerprint density at radius 3 is 2.50 bits per heavy atom. The number of piperidine rings is 1. The molecule has 0 bridgehead atoms. The summed E-state index contributed by atoms with van der Waals surface area (Å²) in [4.78, 5) is 17.2. The largest absolute Gasteiger partial charge is 0.467 e. The molecule has 1 saturated heterocycles. The molecule has 2 aromatic carbocycles. The van der Waals surface area contributed by atoms with E-state index in [-0.39, 0.29) is 11.9 Å². The average Bonchev–Trinajstić information content (AvgIpc) is 3.40. The molecule has 5 rings (SSSR count). The molecule has 0 spiro atoms. The Morgan fingerprint density at radius 2 is 1.77 bits per heavy atom. The highest BCUT2D eigenvalue weighted by Crippen LogP contribution is 2.36. The van der Waals surface area contributed by atoms with E-state index in [9.17, 15) is 4.79 Å². The molecule has 1 amide bonds. The van der Waals surface area contributed by atoms with Crippen molar-refractivity contribution in [3.63, 3.8) is 0 Å². The van der Waals surface area contributed by atoms with Crippen molar-refractivity contribution in [1.82, 2.24) is 9.80 Å². The SMILES string of the molecule is O=C1c2ccccc2CN1CC1CCN(C(c2ccco2)c2ccccc2Cl)CC1. The Labute approximate surface area is 182 Å². The molecule has 0 aliphatic carbocycles. The highest BCUT2D eigenvalue weighted by molar-refractivity contribution is 6.31. The molecule has 30 heavy (non-hydrogen) atoms. The number of hydrogen-bond donors (Lipinski definition) is 0. The van der Waals surface area contributed by atoms with Crippen LogP contribution in [0.1, 0.15) is 46.1 Å². The number of carbonyl (C=O) groups excluding carboxylic acids is 1. The van der Waals surface area contributed by atoms with E-state index in [4.69, 9.17) is 16.0 Å². The van der Waals surface area contributed by atoms with Crippen molar-refractivity contribution in [2.24, 2.45) is 5.92 Å². The smallest absolute Gasteiger partial charge is 0.254 e. The molecular formula is C25H25ClN2O2. The van der Waals surface area contributed by atoms with Gasteiger partial charge in [-0.25, -0.2) is 0 Å². The Bertz CT molecular complexity index is 1030. The fourth-order valence-corrected chi connectivity index (χ4v) is 5.08. The number of carbonyl (C=O) groups is 1. The summed E-state index contributed by atoms with van der Waals surface area (Å²) in [5, 5.41) is 0.765. The lowest BCUT2D eigenvalue weighted by Crippen LogP contribution is -2.40. The number of fused-ring (bicyclic) bond motifs is 1. The van der Waals surface area contributed by atoms with Gasteiger partial charge in [-0.3, -0.25) is 9.69 Å². The number of benzene rings is 2. The number of hydrogen-bond acceptors (Lipinski definition) is 3. The van der Waals surface area contributed by atoms with Crippen molar-refractivity contribution in [1.29, 1.82) is 0 Å². The van der Waals surface area contributed by atoms with Gasteiger partial charge >= 0.3 is 0 Å². The first-order valence-electron chi connectivity index (χ1n) is 10.6. The van der Waals surface area contributed by atoms with Crippen LogP contribution >= 0.6 is 11.6 Å². The molecule has 1 unspecified atom stereocenters. The normalized spacial score (nSPS) is 18.6. The average molecular weight is 421 g/mol. The van der Waals surface area contributed by atoms with Gasteiger partial charge in [0, 0.05) is 23.7 Å². The summed E-state index contributed by atoms with van der Waals surface area (Å²) in [6.45, 7) is 3.48. The van der Waals surface area contributed by atoms with E-state index >= 15 is 0 Å². The molecular weight excluding hydrogens is 396 g/mol. The van der Waals surface area contributed by atoms with Crippen LogP contribution in [0.5, 0.6) is 0 Å². The molecule has 4 nitrogen and oxygen atoms in total. The van der Waals surface area contributed by atoms with Crippen LogP contribution in [0.25, 0.3) is 0 Å². The van der Waals surface area contributed by atoms with E-state index in [1.165, 1.54) is 0 Å². The predicted octanol–water partition coefficient (Wildman–Crippen LogP) is 5.39. The van der Waals surface area contributed by atoms with Crippen LogP contribution in [0.2, 0.25) is 5.02 Å². The van der Waals surface area contributed by atoms with E-state index in [1.807, 2.05) is 53.4 Å². The second kappa shape index (κ2) is 8.29. The topological polar surface area (TPSA) is 36.7 Å². The zero-order chi connectivity index (χ0) is 20.5. The van der Waals surface area contributed by atoms with Gasteiger partial charge in [0.15, 0.2) is 0 Å². The van der Waals surface area contributed by atoms with Gasteiger partial charge in [-0.05, 0) is 67.2 Å². The maximum atomic E-state index is 12.7. The summed E-state index contributed by atoms with van der Waals surface area (Å²) in [5.41, 5.74) is 3.10. The molecule has 0 N–H and O–H groups in total. The third-order valence-electron chi connectivity index (χ3n) is 6.40. The zero-order valence-electron chi connectivity index (χ0n) is 16.8.